The van der Waals surface area contributed by atoms with Crippen LogP contribution >= 0.6 is 0 Å². The first-order chi connectivity index (χ1) is 38.0. The molecule has 0 fully saturated rings. The molecule has 0 bridgehead atoms. The van der Waals surface area contributed by atoms with Gasteiger partial charge in [-0.25, -0.2) is 0 Å². The molecule has 0 saturated heterocycles. The third-order valence-electron chi connectivity index (χ3n) is 16.8. The van der Waals surface area contributed by atoms with Crippen LogP contribution in [0.25, 0.3) is 0 Å². The fourth-order valence-corrected chi connectivity index (χ4v) is 11.4. The highest BCUT2D eigenvalue weighted by Crippen LogP contribution is 2.19. The van der Waals surface area contributed by atoms with E-state index in [0.717, 1.165) is 44.9 Å². The van der Waals surface area contributed by atoms with Crippen LogP contribution in [0.3, 0.4) is 0 Å². The average molecular weight is 1090 g/mol. The molecule has 0 aliphatic heterocycles. The lowest BCUT2D eigenvalue weighted by molar-refractivity contribution is -0.143. The van der Waals surface area contributed by atoms with Gasteiger partial charge in [-0.3, -0.25) is 9.59 Å². The van der Waals surface area contributed by atoms with Gasteiger partial charge in [0, 0.05) is 12.8 Å². The van der Waals surface area contributed by atoms with Gasteiger partial charge in [-0.05, 0) is 51.4 Å². The number of ether oxygens (including phenoxy) is 1. The Morgan fingerprint density at radius 3 is 0.922 bits per heavy atom. The van der Waals surface area contributed by atoms with Crippen LogP contribution in [0.15, 0.2) is 12.2 Å². The largest absolute Gasteiger partial charge is 0.466 e. The molecule has 0 saturated carbocycles. The van der Waals surface area contributed by atoms with Crippen LogP contribution in [-0.2, 0) is 14.3 Å². The van der Waals surface area contributed by atoms with Crippen molar-refractivity contribution in [2.24, 2.45) is 0 Å². The number of rotatable bonds is 67. The lowest BCUT2D eigenvalue weighted by Crippen LogP contribution is -2.45. The number of carbonyl (C=O) groups excluding carboxylic acids is 2. The first kappa shape index (κ1) is 75.6. The summed E-state index contributed by atoms with van der Waals surface area (Å²) in [7, 11) is 0. The lowest BCUT2D eigenvalue weighted by atomic mass is 10.0. The second-order valence-electron chi connectivity index (χ2n) is 24.6. The van der Waals surface area contributed by atoms with Gasteiger partial charge in [-0.1, -0.05) is 353 Å². The zero-order valence-electron chi connectivity index (χ0n) is 52.5. The number of carbonyl (C=O) groups is 2. The van der Waals surface area contributed by atoms with E-state index in [9.17, 15) is 19.8 Å². The van der Waals surface area contributed by atoms with E-state index in [1.807, 2.05) is 0 Å². The Labute approximate surface area is 482 Å². The molecule has 0 radical (unpaired) electrons. The van der Waals surface area contributed by atoms with Gasteiger partial charge in [0.25, 0.3) is 0 Å². The third-order valence-corrected chi connectivity index (χ3v) is 16.8. The van der Waals surface area contributed by atoms with Crippen molar-refractivity contribution in [2.75, 3.05) is 13.2 Å². The summed E-state index contributed by atoms with van der Waals surface area (Å²) in [6.45, 7) is 4.99. The van der Waals surface area contributed by atoms with Gasteiger partial charge in [-0.2, -0.15) is 0 Å². The Hall–Kier alpha value is -1.40. The molecule has 1 amide bonds. The smallest absolute Gasteiger partial charge is 0.305 e. The van der Waals surface area contributed by atoms with Crippen LogP contribution < -0.4 is 5.32 Å². The van der Waals surface area contributed by atoms with Crippen LogP contribution in [0.2, 0.25) is 0 Å². The topological polar surface area (TPSA) is 95.9 Å². The molecule has 0 heterocycles. The predicted octanol–water partition coefficient (Wildman–Crippen LogP) is 22.8. The summed E-state index contributed by atoms with van der Waals surface area (Å²) in [5.74, 6) is -0.0230. The minimum Gasteiger partial charge on any atom is -0.466 e. The van der Waals surface area contributed by atoms with Crippen LogP contribution in [0.4, 0.5) is 0 Å². The SMILES string of the molecule is CCCCCCCCC/C=C\CCCCCCCC(=O)OCCCCCCCCCCCCCCCCCCCCCCCCC(=O)NC(CO)C(O)CCCCCCCCCCCCCCCCCCCCCCCC. The number of hydrogen-bond acceptors (Lipinski definition) is 5. The Kier molecular flexibility index (Phi) is 65.9. The summed E-state index contributed by atoms with van der Waals surface area (Å²) in [6.07, 6.45) is 82.5. The highest BCUT2D eigenvalue weighted by molar-refractivity contribution is 5.76. The highest BCUT2D eigenvalue weighted by Gasteiger charge is 2.20. The zero-order chi connectivity index (χ0) is 55.7. The molecule has 3 N–H and O–H groups in total. The lowest BCUT2D eigenvalue weighted by Gasteiger charge is -2.22. The number of aliphatic hydroxyl groups excluding tert-OH is 2. The quantitative estimate of drug-likeness (QED) is 0.0320. The molecule has 0 aromatic heterocycles. The Balaban J connectivity index is 3.37. The molecule has 0 aliphatic carbocycles. The minimum atomic E-state index is -0.665. The normalized spacial score (nSPS) is 12.5. The Morgan fingerprint density at radius 2 is 0.610 bits per heavy atom. The highest BCUT2D eigenvalue weighted by atomic mass is 16.5. The number of allylic oxidation sites excluding steroid dienone is 2. The van der Waals surface area contributed by atoms with Crippen molar-refractivity contribution in [3.8, 4) is 0 Å². The molecular formula is C71H139NO5. The van der Waals surface area contributed by atoms with Crippen molar-refractivity contribution in [1.82, 2.24) is 5.32 Å². The first-order valence-electron chi connectivity index (χ1n) is 35.4. The molecule has 2 atom stereocenters. The van der Waals surface area contributed by atoms with Crippen LogP contribution in [0, 0.1) is 0 Å². The summed E-state index contributed by atoms with van der Waals surface area (Å²) in [4.78, 5) is 24.6. The molecule has 458 valence electrons. The molecule has 6 heteroatoms. The molecule has 0 aromatic rings. The minimum absolute atomic E-state index is 0.00722. The Morgan fingerprint density at radius 1 is 0.351 bits per heavy atom. The molecule has 0 aromatic carbocycles. The summed E-state index contributed by atoms with van der Waals surface area (Å²) in [5.41, 5.74) is 0. The van der Waals surface area contributed by atoms with Gasteiger partial charge in [0.1, 0.15) is 0 Å². The number of unbranched alkanes of at least 4 members (excludes halogenated alkanes) is 54. The Bertz CT molecular complexity index is 1160. The van der Waals surface area contributed by atoms with Crippen molar-refractivity contribution in [3.05, 3.63) is 12.2 Å². The van der Waals surface area contributed by atoms with E-state index in [2.05, 4.69) is 31.3 Å². The second kappa shape index (κ2) is 67.1. The molecule has 0 aliphatic rings. The number of hydrogen-bond donors (Lipinski definition) is 3. The number of amides is 1. The van der Waals surface area contributed by atoms with Crippen molar-refractivity contribution in [1.29, 1.82) is 0 Å². The monoisotopic (exact) mass is 1090 g/mol. The number of nitrogens with one attached hydrogen (secondary N) is 1. The van der Waals surface area contributed by atoms with Gasteiger partial charge in [0.15, 0.2) is 0 Å². The maximum Gasteiger partial charge on any atom is 0.305 e. The molecule has 6 nitrogen and oxygen atoms in total. The number of esters is 1. The van der Waals surface area contributed by atoms with Gasteiger partial charge >= 0.3 is 5.97 Å². The summed E-state index contributed by atoms with van der Waals surface area (Å²) in [6, 6.07) is -0.542. The predicted molar refractivity (Wildman–Crippen MR) is 338 cm³/mol. The van der Waals surface area contributed by atoms with E-state index in [1.165, 1.54) is 327 Å². The van der Waals surface area contributed by atoms with Gasteiger partial charge in [0.05, 0.1) is 25.4 Å². The van der Waals surface area contributed by atoms with Crippen molar-refractivity contribution < 1.29 is 24.5 Å². The second-order valence-corrected chi connectivity index (χ2v) is 24.6. The van der Waals surface area contributed by atoms with Crippen molar-refractivity contribution in [3.63, 3.8) is 0 Å². The van der Waals surface area contributed by atoms with Gasteiger partial charge in [0.2, 0.25) is 5.91 Å². The number of aliphatic hydroxyl groups is 2. The van der Waals surface area contributed by atoms with E-state index in [-0.39, 0.29) is 18.5 Å². The van der Waals surface area contributed by atoms with Crippen LogP contribution in [0.1, 0.15) is 406 Å². The first-order valence-corrected chi connectivity index (χ1v) is 35.4. The van der Waals surface area contributed by atoms with Crippen molar-refractivity contribution in [2.45, 2.75) is 418 Å². The third kappa shape index (κ3) is 63.6. The maximum absolute atomic E-state index is 12.5. The molecule has 0 spiro atoms. The summed E-state index contributed by atoms with van der Waals surface area (Å²) in [5, 5.41) is 23.4. The molecule has 2 unspecified atom stereocenters. The van der Waals surface area contributed by atoms with Crippen molar-refractivity contribution >= 4 is 11.9 Å². The van der Waals surface area contributed by atoms with E-state index in [1.54, 1.807) is 0 Å². The van der Waals surface area contributed by atoms with Crippen LogP contribution in [-0.4, -0.2) is 47.4 Å². The average Bonchev–Trinajstić information content (AvgIpc) is 3.43. The van der Waals surface area contributed by atoms with E-state index in [0.29, 0.717) is 25.9 Å². The maximum atomic E-state index is 12.5. The molecule has 0 rings (SSSR count). The zero-order valence-corrected chi connectivity index (χ0v) is 52.5. The van der Waals surface area contributed by atoms with E-state index < -0.39 is 12.1 Å². The summed E-state index contributed by atoms with van der Waals surface area (Å²) < 4.78 is 5.49. The summed E-state index contributed by atoms with van der Waals surface area (Å²) >= 11 is 0. The fourth-order valence-electron chi connectivity index (χ4n) is 11.4. The van der Waals surface area contributed by atoms with Gasteiger partial charge < -0.3 is 20.3 Å². The van der Waals surface area contributed by atoms with E-state index >= 15 is 0 Å². The van der Waals surface area contributed by atoms with Crippen LogP contribution in [0.5, 0.6) is 0 Å². The van der Waals surface area contributed by atoms with Gasteiger partial charge in [-0.15, -0.1) is 0 Å². The van der Waals surface area contributed by atoms with E-state index in [4.69, 9.17) is 4.74 Å². The molecule has 77 heavy (non-hydrogen) atoms. The molecular weight excluding hydrogens is 947 g/mol. The standard InChI is InChI=1S/C71H139NO5/c1-3-5-7-9-11-13-15-17-19-21-22-23-26-29-32-35-39-43-47-51-55-59-63-69(74)68(67-73)72-70(75)64-60-56-52-48-44-40-36-33-30-27-24-25-28-31-34-38-42-46-50-54-58-62-66-77-71(76)65-61-57-53-49-45-41-37-20-18-16-14-12-10-8-6-4-2/h20,37,68-69,73-74H,3-19,21-36,38-67H2,1-2H3,(H,72,75)/b37-20-. The fraction of sp³-hybridized carbons (Fsp3) is 0.944.